The van der Waals surface area contributed by atoms with E-state index in [2.05, 4.69) is 15.6 Å². The lowest BCUT2D eigenvalue weighted by atomic mass is 10.2. The van der Waals surface area contributed by atoms with E-state index < -0.39 is 11.7 Å². The average molecular weight is 399 g/mol. The van der Waals surface area contributed by atoms with Crippen LogP contribution in [0.1, 0.15) is 17.5 Å². The maximum Gasteiger partial charge on any atom is 0.417 e. The number of halogens is 4. The second-order valence-electron chi connectivity index (χ2n) is 6.29. The number of benzene rings is 1. The normalized spacial score (nSPS) is 17.0. The number of nitrogens with zero attached hydrogens (tertiary/aromatic N) is 2. The molecule has 1 unspecified atom stereocenters. The van der Waals surface area contributed by atoms with Gasteiger partial charge < -0.3 is 15.5 Å². The van der Waals surface area contributed by atoms with Crippen LogP contribution in [-0.4, -0.2) is 30.1 Å². The molecule has 1 aromatic heterocycles. The van der Waals surface area contributed by atoms with Crippen molar-refractivity contribution in [1.29, 1.82) is 0 Å². The first-order valence-corrected chi connectivity index (χ1v) is 8.76. The van der Waals surface area contributed by atoms with Gasteiger partial charge >= 0.3 is 12.2 Å². The minimum absolute atomic E-state index is 0.0979. The molecule has 2 N–H and O–H groups in total. The molecule has 144 valence electrons. The molecule has 27 heavy (non-hydrogen) atoms. The SMILES string of the molecule is O=C(NCc1ccc(Cl)cc1)NC1CCN(c2ccc(C(F)(F)F)cn2)C1. The summed E-state index contributed by atoms with van der Waals surface area (Å²) >= 11 is 5.82. The summed E-state index contributed by atoms with van der Waals surface area (Å²) in [4.78, 5) is 17.8. The van der Waals surface area contributed by atoms with Crippen LogP contribution in [0.25, 0.3) is 0 Å². The predicted octanol–water partition coefficient (Wildman–Crippen LogP) is 3.83. The maximum absolute atomic E-state index is 12.6. The van der Waals surface area contributed by atoms with Crippen molar-refractivity contribution in [3.8, 4) is 0 Å². The van der Waals surface area contributed by atoms with E-state index in [-0.39, 0.29) is 12.1 Å². The van der Waals surface area contributed by atoms with Crippen LogP contribution in [0.15, 0.2) is 42.6 Å². The van der Waals surface area contributed by atoms with Crippen LogP contribution in [0.3, 0.4) is 0 Å². The molecule has 0 radical (unpaired) electrons. The Kier molecular flexibility index (Phi) is 5.74. The Morgan fingerprint density at radius 1 is 1.22 bits per heavy atom. The molecule has 0 spiro atoms. The van der Waals surface area contributed by atoms with Gasteiger partial charge in [0.25, 0.3) is 0 Å². The molecule has 5 nitrogen and oxygen atoms in total. The number of rotatable bonds is 4. The number of hydrogen-bond acceptors (Lipinski definition) is 3. The molecule has 1 aliphatic rings. The topological polar surface area (TPSA) is 57.3 Å². The van der Waals surface area contributed by atoms with Crippen molar-refractivity contribution < 1.29 is 18.0 Å². The highest BCUT2D eigenvalue weighted by Gasteiger charge is 2.31. The van der Waals surface area contributed by atoms with E-state index in [9.17, 15) is 18.0 Å². The van der Waals surface area contributed by atoms with Gasteiger partial charge in [-0.15, -0.1) is 0 Å². The van der Waals surface area contributed by atoms with Crippen molar-refractivity contribution in [3.05, 3.63) is 58.7 Å². The number of carbonyl (C=O) groups is 1. The lowest BCUT2D eigenvalue weighted by Gasteiger charge is -2.18. The molecule has 2 aromatic rings. The van der Waals surface area contributed by atoms with Crippen LogP contribution < -0.4 is 15.5 Å². The van der Waals surface area contributed by atoms with E-state index in [4.69, 9.17) is 11.6 Å². The van der Waals surface area contributed by atoms with E-state index in [1.807, 2.05) is 17.0 Å². The van der Waals surface area contributed by atoms with Crippen molar-refractivity contribution in [2.45, 2.75) is 25.2 Å². The Morgan fingerprint density at radius 2 is 1.96 bits per heavy atom. The molecule has 9 heteroatoms. The maximum atomic E-state index is 12.6. The van der Waals surface area contributed by atoms with E-state index in [1.165, 1.54) is 6.07 Å². The van der Waals surface area contributed by atoms with Gasteiger partial charge in [-0.05, 0) is 36.2 Å². The molecule has 1 aliphatic heterocycles. The summed E-state index contributed by atoms with van der Waals surface area (Å²) in [6.07, 6.45) is -2.88. The highest BCUT2D eigenvalue weighted by molar-refractivity contribution is 6.30. The molecule has 3 rings (SSSR count). The van der Waals surface area contributed by atoms with Crippen molar-refractivity contribution in [3.63, 3.8) is 0 Å². The van der Waals surface area contributed by atoms with Crippen LogP contribution in [0, 0.1) is 0 Å². The molecule has 2 amide bonds. The molecule has 1 atom stereocenters. The molecule has 2 heterocycles. The summed E-state index contributed by atoms with van der Waals surface area (Å²) in [5, 5.41) is 6.27. The zero-order valence-corrected chi connectivity index (χ0v) is 15.0. The van der Waals surface area contributed by atoms with Crippen LogP contribution in [0.4, 0.5) is 23.8 Å². The third-order valence-corrected chi connectivity index (χ3v) is 4.54. The Bertz CT molecular complexity index is 781. The number of alkyl halides is 3. The summed E-state index contributed by atoms with van der Waals surface area (Å²) < 4.78 is 37.8. The molecule has 0 aliphatic carbocycles. The molecule has 0 bridgehead atoms. The van der Waals surface area contributed by atoms with E-state index >= 15 is 0 Å². The first kappa shape index (κ1) is 19.3. The largest absolute Gasteiger partial charge is 0.417 e. The Morgan fingerprint density at radius 3 is 2.59 bits per heavy atom. The van der Waals surface area contributed by atoms with Gasteiger partial charge in [-0.3, -0.25) is 0 Å². The van der Waals surface area contributed by atoms with Gasteiger partial charge in [0.2, 0.25) is 0 Å². The number of pyridine rings is 1. The number of amides is 2. The van der Waals surface area contributed by atoms with Crippen molar-refractivity contribution in [2.24, 2.45) is 0 Å². The van der Waals surface area contributed by atoms with E-state index in [0.29, 0.717) is 36.9 Å². The highest BCUT2D eigenvalue weighted by atomic mass is 35.5. The van der Waals surface area contributed by atoms with Crippen molar-refractivity contribution in [2.75, 3.05) is 18.0 Å². The fraction of sp³-hybridized carbons (Fsp3) is 0.333. The Labute approximate surface area is 159 Å². The molecular weight excluding hydrogens is 381 g/mol. The van der Waals surface area contributed by atoms with Gasteiger partial charge in [0.05, 0.1) is 5.56 Å². The number of anilines is 1. The summed E-state index contributed by atoms with van der Waals surface area (Å²) in [7, 11) is 0. The second-order valence-corrected chi connectivity index (χ2v) is 6.72. The smallest absolute Gasteiger partial charge is 0.354 e. The lowest BCUT2D eigenvalue weighted by molar-refractivity contribution is -0.137. The van der Waals surface area contributed by atoms with Gasteiger partial charge in [-0.1, -0.05) is 23.7 Å². The van der Waals surface area contributed by atoms with E-state index in [0.717, 1.165) is 17.8 Å². The predicted molar refractivity (Wildman–Crippen MR) is 96.7 cm³/mol. The third kappa shape index (κ3) is 5.26. The summed E-state index contributed by atoms with van der Waals surface area (Å²) in [5.74, 6) is 0.467. The van der Waals surface area contributed by atoms with Crippen molar-refractivity contribution >= 4 is 23.4 Å². The number of hydrogen-bond donors (Lipinski definition) is 2. The molecule has 1 saturated heterocycles. The lowest BCUT2D eigenvalue weighted by Crippen LogP contribution is -2.43. The zero-order chi connectivity index (χ0) is 19.4. The van der Waals surface area contributed by atoms with Gasteiger partial charge in [-0.2, -0.15) is 13.2 Å². The third-order valence-electron chi connectivity index (χ3n) is 4.29. The number of aromatic nitrogens is 1. The molecule has 1 fully saturated rings. The monoisotopic (exact) mass is 398 g/mol. The first-order chi connectivity index (χ1) is 12.8. The first-order valence-electron chi connectivity index (χ1n) is 8.38. The fourth-order valence-electron chi connectivity index (χ4n) is 2.85. The van der Waals surface area contributed by atoms with Crippen LogP contribution in [0.5, 0.6) is 0 Å². The highest BCUT2D eigenvalue weighted by Crippen LogP contribution is 2.29. The quantitative estimate of drug-likeness (QED) is 0.823. The van der Waals surface area contributed by atoms with Gasteiger partial charge in [0, 0.05) is 36.9 Å². The molecule has 0 saturated carbocycles. The Hall–Kier alpha value is -2.48. The summed E-state index contributed by atoms with van der Waals surface area (Å²) in [6, 6.07) is 9.14. The van der Waals surface area contributed by atoms with Gasteiger partial charge in [0.15, 0.2) is 0 Å². The van der Waals surface area contributed by atoms with E-state index in [1.54, 1.807) is 12.1 Å². The van der Waals surface area contributed by atoms with Crippen LogP contribution >= 0.6 is 11.6 Å². The molecule has 1 aromatic carbocycles. The van der Waals surface area contributed by atoms with Crippen molar-refractivity contribution in [1.82, 2.24) is 15.6 Å². The number of carbonyl (C=O) groups excluding carboxylic acids is 1. The minimum Gasteiger partial charge on any atom is -0.354 e. The van der Waals surface area contributed by atoms with Gasteiger partial charge in [-0.25, -0.2) is 9.78 Å². The zero-order valence-electron chi connectivity index (χ0n) is 14.3. The summed E-state index contributed by atoms with van der Waals surface area (Å²) in [5.41, 5.74) is 0.151. The number of urea groups is 1. The number of nitrogens with one attached hydrogen (secondary N) is 2. The van der Waals surface area contributed by atoms with Crippen LogP contribution in [-0.2, 0) is 12.7 Å². The average Bonchev–Trinajstić information content (AvgIpc) is 3.09. The summed E-state index contributed by atoms with van der Waals surface area (Å²) in [6.45, 7) is 1.48. The standard InChI is InChI=1S/C18H18ClF3N4O/c19-14-4-1-12(2-5-14)9-24-17(27)25-15-7-8-26(11-15)16-6-3-13(10-23-16)18(20,21)22/h1-6,10,15H,7-9,11H2,(H2,24,25,27). The molecular formula is C18H18ClF3N4O. The second kappa shape index (κ2) is 8.04. The van der Waals surface area contributed by atoms with Crippen LogP contribution in [0.2, 0.25) is 5.02 Å². The fourth-order valence-corrected chi connectivity index (χ4v) is 2.97. The van der Waals surface area contributed by atoms with Gasteiger partial charge in [0.1, 0.15) is 5.82 Å². The minimum atomic E-state index is -4.40. The Balaban J connectivity index is 1.47.